The molecule has 5 nitrogen and oxygen atoms in total. The molecule has 1 saturated carbocycles. The van der Waals surface area contributed by atoms with Crippen LogP contribution in [0.3, 0.4) is 0 Å². The maximum absolute atomic E-state index is 10.5. The van der Waals surface area contributed by atoms with Crippen LogP contribution in [-0.2, 0) is 0 Å². The summed E-state index contributed by atoms with van der Waals surface area (Å²) in [5.74, 6) is 0.846. The van der Waals surface area contributed by atoms with Crippen LogP contribution in [0.25, 0.3) is 0 Å². The Balaban J connectivity index is 1.70. The average molecular weight is 278 g/mol. The van der Waals surface area contributed by atoms with Crippen LogP contribution >= 0.6 is 0 Å². The van der Waals surface area contributed by atoms with E-state index in [0.29, 0.717) is 12.1 Å². The molecule has 1 aliphatic carbocycles. The van der Waals surface area contributed by atoms with Gasteiger partial charge in [0, 0.05) is 18.7 Å². The SMILES string of the molecule is O=[N+]([O-])c1ccc(C(O)CNCCC2CCCC2)cc1. The Bertz CT molecular complexity index is 427. The molecule has 0 spiro atoms. The van der Waals surface area contributed by atoms with Crippen molar-refractivity contribution < 1.29 is 10.0 Å². The van der Waals surface area contributed by atoms with E-state index in [2.05, 4.69) is 5.32 Å². The molecule has 2 N–H and O–H groups in total. The normalized spacial score (nSPS) is 17.2. The molecule has 2 rings (SSSR count). The van der Waals surface area contributed by atoms with Crippen molar-refractivity contribution in [3.63, 3.8) is 0 Å². The van der Waals surface area contributed by atoms with Crippen molar-refractivity contribution >= 4 is 5.69 Å². The Morgan fingerprint density at radius 3 is 2.55 bits per heavy atom. The molecular formula is C15H22N2O3. The van der Waals surface area contributed by atoms with Crippen LogP contribution in [0.4, 0.5) is 5.69 Å². The van der Waals surface area contributed by atoms with Gasteiger partial charge in [0.25, 0.3) is 5.69 Å². The monoisotopic (exact) mass is 278 g/mol. The number of nitrogens with zero attached hydrogens (tertiary/aromatic N) is 1. The lowest BCUT2D eigenvalue weighted by Crippen LogP contribution is -2.23. The Morgan fingerprint density at radius 2 is 1.95 bits per heavy atom. The molecule has 0 aliphatic heterocycles. The number of aliphatic hydroxyl groups excluding tert-OH is 1. The van der Waals surface area contributed by atoms with Crippen molar-refractivity contribution in [3.8, 4) is 0 Å². The second-order valence-electron chi connectivity index (χ2n) is 5.51. The van der Waals surface area contributed by atoms with Crippen LogP contribution in [0.1, 0.15) is 43.8 Å². The number of hydrogen-bond acceptors (Lipinski definition) is 4. The molecule has 1 unspecified atom stereocenters. The number of hydrogen-bond donors (Lipinski definition) is 2. The fourth-order valence-electron chi connectivity index (χ4n) is 2.78. The minimum absolute atomic E-state index is 0.0511. The molecule has 0 heterocycles. The van der Waals surface area contributed by atoms with E-state index in [0.717, 1.165) is 12.5 Å². The van der Waals surface area contributed by atoms with E-state index in [9.17, 15) is 15.2 Å². The Kier molecular flexibility index (Phi) is 5.49. The fourth-order valence-corrected chi connectivity index (χ4v) is 2.78. The molecule has 0 saturated heterocycles. The van der Waals surface area contributed by atoms with Gasteiger partial charge < -0.3 is 10.4 Å². The highest BCUT2D eigenvalue weighted by atomic mass is 16.6. The smallest absolute Gasteiger partial charge is 0.269 e. The van der Waals surface area contributed by atoms with Gasteiger partial charge in [0.1, 0.15) is 0 Å². The van der Waals surface area contributed by atoms with Gasteiger partial charge in [-0.15, -0.1) is 0 Å². The second kappa shape index (κ2) is 7.36. The number of nitro groups is 1. The predicted octanol–water partition coefficient (Wildman–Crippen LogP) is 2.80. The molecule has 110 valence electrons. The lowest BCUT2D eigenvalue weighted by molar-refractivity contribution is -0.384. The number of nitro benzene ring substituents is 1. The lowest BCUT2D eigenvalue weighted by Gasteiger charge is -2.14. The first kappa shape index (κ1) is 14.9. The van der Waals surface area contributed by atoms with Gasteiger partial charge in [-0.25, -0.2) is 0 Å². The topological polar surface area (TPSA) is 75.4 Å². The average Bonchev–Trinajstić information content (AvgIpc) is 2.96. The molecule has 0 amide bonds. The van der Waals surface area contributed by atoms with Crippen LogP contribution in [0.15, 0.2) is 24.3 Å². The first-order chi connectivity index (χ1) is 9.66. The number of non-ortho nitro benzene ring substituents is 1. The minimum atomic E-state index is -0.612. The van der Waals surface area contributed by atoms with Crippen molar-refractivity contribution in [1.29, 1.82) is 0 Å². The molecule has 0 bridgehead atoms. The molecule has 1 aliphatic rings. The first-order valence-corrected chi connectivity index (χ1v) is 7.30. The van der Waals surface area contributed by atoms with Gasteiger partial charge in [-0.05, 0) is 36.6 Å². The van der Waals surface area contributed by atoms with Crippen LogP contribution < -0.4 is 5.32 Å². The third-order valence-electron chi connectivity index (χ3n) is 4.03. The van der Waals surface area contributed by atoms with Gasteiger partial charge in [-0.2, -0.15) is 0 Å². The highest BCUT2D eigenvalue weighted by molar-refractivity contribution is 5.33. The lowest BCUT2D eigenvalue weighted by atomic mass is 10.0. The molecule has 1 atom stereocenters. The molecule has 20 heavy (non-hydrogen) atoms. The van der Waals surface area contributed by atoms with E-state index in [1.807, 2.05) is 0 Å². The zero-order valence-corrected chi connectivity index (χ0v) is 11.6. The minimum Gasteiger partial charge on any atom is -0.387 e. The number of benzene rings is 1. The molecule has 0 radical (unpaired) electrons. The van der Waals surface area contributed by atoms with Gasteiger partial charge in [0.15, 0.2) is 0 Å². The summed E-state index contributed by atoms with van der Waals surface area (Å²) in [6.07, 6.45) is 5.96. The molecule has 1 fully saturated rings. The molecule has 1 aromatic carbocycles. The third kappa shape index (κ3) is 4.28. The largest absolute Gasteiger partial charge is 0.387 e. The number of aliphatic hydroxyl groups is 1. The highest BCUT2D eigenvalue weighted by Crippen LogP contribution is 2.27. The summed E-state index contributed by atoms with van der Waals surface area (Å²) in [5.41, 5.74) is 0.763. The second-order valence-corrected chi connectivity index (χ2v) is 5.51. The van der Waals surface area contributed by atoms with Gasteiger partial charge in [-0.3, -0.25) is 10.1 Å². The highest BCUT2D eigenvalue weighted by Gasteiger charge is 2.14. The van der Waals surface area contributed by atoms with Crippen molar-refractivity contribution in [2.45, 2.75) is 38.2 Å². The van der Waals surface area contributed by atoms with Crippen LogP contribution in [0.2, 0.25) is 0 Å². The summed E-state index contributed by atoms with van der Waals surface area (Å²) in [5, 5.41) is 23.8. The molecule has 1 aromatic rings. The van der Waals surface area contributed by atoms with Gasteiger partial charge in [-0.1, -0.05) is 25.7 Å². The van der Waals surface area contributed by atoms with Gasteiger partial charge in [0.05, 0.1) is 11.0 Å². The molecular weight excluding hydrogens is 256 g/mol. The maximum Gasteiger partial charge on any atom is 0.269 e. The fraction of sp³-hybridized carbons (Fsp3) is 0.600. The van der Waals surface area contributed by atoms with E-state index < -0.39 is 11.0 Å². The number of nitrogens with one attached hydrogen (secondary N) is 1. The quantitative estimate of drug-likeness (QED) is 0.457. The summed E-state index contributed by atoms with van der Waals surface area (Å²) in [4.78, 5) is 10.1. The van der Waals surface area contributed by atoms with E-state index in [1.165, 1.54) is 44.2 Å². The Hall–Kier alpha value is -1.46. The van der Waals surface area contributed by atoms with Crippen LogP contribution in [-0.4, -0.2) is 23.1 Å². The third-order valence-corrected chi connectivity index (χ3v) is 4.03. The predicted molar refractivity (Wildman–Crippen MR) is 77.5 cm³/mol. The van der Waals surface area contributed by atoms with E-state index in [4.69, 9.17) is 0 Å². The first-order valence-electron chi connectivity index (χ1n) is 7.30. The van der Waals surface area contributed by atoms with Crippen molar-refractivity contribution in [2.75, 3.05) is 13.1 Å². The number of rotatable bonds is 7. The summed E-state index contributed by atoms with van der Waals surface area (Å²) >= 11 is 0. The molecule has 0 aromatic heterocycles. The standard InChI is InChI=1S/C15H22N2O3/c18-15(11-16-10-9-12-3-1-2-4-12)13-5-7-14(8-6-13)17(19)20/h5-8,12,15-16,18H,1-4,9-11H2. The Morgan fingerprint density at radius 1 is 1.30 bits per heavy atom. The van der Waals surface area contributed by atoms with Gasteiger partial charge >= 0.3 is 0 Å². The summed E-state index contributed by atoms with van der Waals surface area (Å²) in [7, 11) is 0. The van der Waals surface area contributed by atoms with Gasteiger partial charge in [0.2, 0.25) is 0 Å². The van der Waals surface area contributed by atoms with E-state index in [-0.39, 0.29) is 5.69 Å². The summed E-state index contributed by atoms with van der Waals surface area (Å²) in [6.45, 7) is 1.42. The Labute approximate surface area is 119 Å². The maximum atomic E-state index is 10.5. The van der Waals surface area contributed by atoms with Crippen LogP contribution in [0, 0.1) is 16.0 Å². The van der Waals surface area contributed by atoms with E-state index in [1.54, 1.807) is 12.1 Å². The van der Waals surface area contributed by atoms with Crippen molar-refractivity contribution in [1.82, 2.24) is 5.32 Å². The summed E-state index contributed by atoms with van der Waals surface area (Å²) in [6, 6.07) is 6.08. The zero-order chi connectivity index (χ0) is 14.4. The zero-order valence-electron chi connectivity index (χ0n) is 11.6. The van der Waals surface area contributed by atoms with E-state index >= 15 is 0 Å². The molecule has 5 heteroatoms. The van der Waals surface area contributed by atoms with Crippen LogP contribution in [0.5, 0.6) is 0 Å². The van der Waals surface area contributed by atoms with Crippen molar-refractivity contribution in [3.05, 3.63) is 39.9 Å². The van der Waals surface area contributed by atoms with Crippen molar-refractivity contribution in [2.24, 2.45) is 5.92 Å². The summed E-state index contributed by atoms with van der Waals surface area (Å²) < 4.78 is 0.